The molecule has 2 aromatic rings. The van der Waals surface area contributed by atoms with Crippen LogP contribution in [0.25, 0.3) is 0 Å². The van der Waals surface area contributed by atoms with Crippen LogP contribution in [-0.2, 0) is 50.7 Å². The Labute approximate surface area is 253 Å². The van der Waals surface area contributed by atoms with E-state index in [4.69, 9.17) is 26.1 Å². The number of ether oxygens (including phenoxy) is 1. The zero-order chi connectivity index (χ0) is 31.2. The Morgan fingerprint density at radius 3 is 2.60 bits per heavy atom. The Morgan fingerprint density at radius 2 is 2.00 bits per heavy atom. The molecule has 2 amide bonds. The van der Waals surface area contributed by atoms with Crippen LogP contribution < -0.4 is 14.9 Å². The number of halogens is 1. The van der Waals surface area contributed by atoms with Crippen molar-refractivity contribution in [2.24, 2.45) is 0 Å². The lowest BCUT2D eigenvalue weighted by atomic mass is 10.1. The fourth-order valence-corrected chi connectivity index (χ4v) is 7.39. The predicted molar refractivity (Wildman–Crippen MR) is 155 cm³/mol. The summed E-state index contributed by atoms with van der Waals surface area (Å²) in [6.45, 7) is 0.916. The summed E-state index contributed by atoms with van der Waals surface area (Å²) in [5.74, 6) is -2.35. The number of hydrogen-bond acceptors (Lipinski definition) is 10. The molecule has 0 saturated carbocycles. The van der Waals surface area contributed by atoms with Crippen LogP contribution in [0, 0.1) is 0 Å². The third-order valence-corrected chi connectivity index (χ3v) is 9.98. The van der Waals surface area contributed by atoms with E-state index in [-0.39, 0.29) is 52.8 Å². The van der Waals surface area contributed by atoms with Gasteiger partial charge in [-0.05, 0) is 36.2 Å². The second kappa shape index (κ2) is 14.5. The first-order valence-electron chi connectivity index (χ1n) is 12.3. The molecule has 1 saturated heterocycles. The summed E-state index contributed by atoms with van der Waals surface area (Å²) in [7, 11) is -10.7. The first-order chi connectivity index (χ1) is 19.6. The first kappa shape index (κ1) is 34.3. The van der Waals surface area contributed by atoms with Crippen LogP contribution in [0.1, 0.15) is 28.6 Å². The topological polar surface area (TPSA) is 206 Å². The van der Waals surface area contributed by atoms with Gasteiger partial charge in [0.15, 0.2) is 0 Å². The highest BCUT2D eigenvalue weighted by molar-refractivity contribution is 7.89. The number of sulfonamides is 1. The van der Waals surface area contributed by atoms with Gasteiger partial charge in [-0.15, -0.1) is 11.3 Å². The average molecular weight is 686 g/mol. The molecule has 0 radical (unpaired) electrons. The van der Waals surface area contributed by atoms with Gasteiger partial charge in [-0.25, -0.2) is 13.0 Å². The summed E-state index contributed by atoms with van der Waals surface area (Å²) in [6.07, 6.45) is 0.0830. The van der Waals surface area contributed by atoms with E-state index in [2.05, 4.69) is 14.6 Å². The van der Waals surface area contributed by atoms with Gasteiger partial charge in [0.05, 0.1) is 19.9 Å². The molecular formula is C23H29ClN3O11PS3. The van der Waals surface area contributed by atoms with Crippen molar-refractivity contribution in [1.29, 1.82) is 0 Å². The van der Waals surface area contributed by atoms with Crippen LogP contribution in [0.5, 0.6) is 0 Å². The van der Waals surface area contributed by atoms with Crippen molar-refractivity contribution in [2.45, 2.75) is 36.8 Å². The summed E-state index contributed by atoms with van der Waals surface area (Å²) < 4.78 is 62.1. The van der Waals surface area contributed by atoms with Crippen LogP contribution in [0.2, 0.25) is 4.34 Å². The minimum Gasteiger partial charge on any atom is -0.463 e. The summed E-state index contributed by atoms with van der Waals surface area (Å²) >= 11 is 6.86. The van der Waals surface area contributed by atoms with Crippen molar-refractivity contribution in [3.8, 4) is 0 Å². The molecule has 2 heterocycles. The number of amides is 2. The Kier molecular flexibility index (Phi) is 11.8. The van der Waals surface area contributed by atoms with Crippen molar-refractivity contribution in [1.82, 2.24) is 10.0 Å². The third-order valence-electron chi connectivity index (χ3n) is 5.92. The quantitative estimate of drug-likeness (QED) is 0.164. The number of nitrogens with zero attached hydrogens (tertiary/aromatic N) is 1. The number of phosphoric acid groups is 1. The summed E-state index contributed by atoms with van der Waals surface area (Å²) in [4.78, 5) is 57.6. The smallest absolute Gasteiger partial charge is 0.463 e. The van der Waals surface area contributed by atoms with E-state index in [1.54, 1.807) is 6.92 Å². The molecule has 1 aromatic carbocycles. The lowest BCUT2D eigenvalue weighted by Gasteiger charge is -2.23. The van der Waals surface area contributed by atoms with Gasteiger partial charge in [0.25, 0.3) is 11.8 Å². The maximum absolute atomic E-state index is 13.6. The molecule has 1 aliphatic rings. The number of carbonyl (C=O) groups excluding carboxylic acids is 3. The van der Waals surface area contributed by atoms with E-state index in [0.29, 0.717) is 4.34 Å². The maximum atomic E-state index is 13.6. The summed E-state index contributed by atoms with van der Waals surface area (Å²) in [5, 5.41) is 2.48. The fraction of sp³-hybridized carbons (Fsp3) is 0.435. The Balaban J connectivity index is 1.87. The fourth-order valence-electron chi connectivity index (χ4n) is 4.07. The number of anilines is 1. The molecule has 0 spiro atoms. The number of rotatable bonds is 14. The molecule has 19 heteroatoms. The highest BCUT2D eigenvalue weighted by atomic mass is 35.5. The summed E-state index contributed by atoms with van der Waals surface area (Å²) in [5.41, 5.74) is 0.385. The van der Waals surface area contributed by atoms with Gasteiger partial charge < -0.3 is 24.7 Å². The zero-order valence-corrected chi connectivity index (χ0v) is 26.4. The molecule has 4 N–H and O–H groups in total. The van der Waals surface area contributed by atoms with E-state index in [0.717, 1.165) is 11.3 Å². The van der Waals surface area contributed by atoms with Crippen molar-refractivity contribution in [3.05, 3.63) is 45.1 Å². The highest BCUT2D eigenvalue weighted by Crippen LogP contribution is 2.41. The Morgan fingerprint density at radius 1 is 1.29 bits per heavy atom. The molecule has 1 aliphatic heterocycles. The molecule has 0 unspecified atom stereocenters. The zero-order valence-electron chi connectivity index (χ0n) is 22.3. The SMILES string of the molecule is CCc1c(N2CC[C@H](OP(=O)(O)O)C2=O)cccc1S(=O)(=O)N[C@@H](CNC(=O)c1ccc(Cl)s1)C(=O)OCC[S@](C)=O. The summed E-state index contributed by atoms with van der Waals surface area (Å²) in [6, 6.07) is 5.51. The molecule has 0 bridgehead atoms. The van der Waals surface area contributed by atoms with E-state index >= 15 is 0 Å². The van der Waals surface area contributed by atoms with Gasteiger partial charge in [-0.3, -0.25) is 23.1 Å². The third kappa shape index (κ3) is 9.14. The van der Waals surface area contributed by atoms with Crippen LogP contribution in [0.3, 0.4) is 0 Å². The van der Waals surface area contributed by atoms with Gasteiger partial charge in [-0.2, -0.15) is 4.72 Å². The molecule has 42 heavy (non-hydrogen) atoms. The van der Waals surface area contributed by atoms with Gasteiger partial charge in [0.2, 0.25) is 10.0 Å². The first-order valence-corrected chi connectivity index (χ1v) is 18.3. The van der Waals surface area contributed by atoms with Gasteiger partial charge in [0.1, 0.15) is 18.8 Å². The second-order valence-corrected chi connectivity index (χ2v) is 15.0. The standard InChI is InChI=1S/C23H29ClN3O11PS3/c1-3-14-16(27-10-9-17(22(27)29)38-39(31,32)33)5-4-6-19(14)42(35,36)26-15(23(30)37-11-12-41(2)34)13-25-21(28)18-7-8-20(24)40-18/h4-8,15,17,26H,3,9-13H2,1-2H3,(H,25,28)(H2,31,32,33)/t15-,17-,41-/m0/s1. The normalized spacial score (nSPS) is 17.2. The van der Waals surface area contributed by atoms with Crippen molar-refractivity contribution >= 4 is 75.1 Å². The Hall–Kier alpha value is -2.21. The number of esters is 1. The number of benzene rings is 1. The number of phosphoric ester groups is 1. The van der Waals surface area contributed by atoms with Crippen molar-refractivity contribution in [2.75, 3.05) is 36.6 Å². The molecule has 14 nitrogen and oxygen atoms in total. The van der Waals surface area contributed by atoms with Crippen LogP contribution >= 0.6 is 30.8 Å². The largest absolute Gasteiger partial charge is 0.470 e. The number of thiophene rings is 1. The number of hydrogen-bond donors (Lipinski definition) is 4. The van der Waals surface area contributed by atoms with Crippen LogP contribution in [0.15, 0.2) is 35.2 Å². The van der Waals surface area contributed by atoms with E-state index in [1.807, 2.05) is 0 Å². The van der Waals surface area contributed by atoms with Gasteiger partial charge in [-0.1, -0.05) is 24.6 Å². The number of carbonyl (C=O) groups is 3. The second-order valence-electron chi connectivity index (χ2n) is 8.90. The Bertz CT molecular complexity index is 1510. The van der Waals surface area contributed by atoms with Crippen molar-refractivity contribution < 1.29 is 50.6 Å². The highest BCUT2D eigenvalue weighted by Gasteiger charge is 2.39. The van der Waals surface area contributed by atoms with Crippen LogP contribution in [0.4, 0.5) is 5.69 Å². The minimum absolute atomic E-state index is 0.0138. The number of nitrogens with one attached hydrogen (secondary N) is 2. The lowest BCUT2D eigenvalue weighted by Crippen LogP contribution is -2.49. The minimum atomic E-state index is -4.95. The van der Waals surface area contributed by atoms with E-state index < -0.39 is 65.1 Å². The van der Waals surface area contributed by atoms with E-state index in [1.165, 1.54) is 41.5 Å². The molecule has 232 valence electrons. The molecule has 3 rings (SSSR count). The predicted octanol–water partition coefficient (Wildman–Crippen LogP) is 1.18. The van der Waals surface area contributed by atoms with Crippen molar-refractivity contribution in [3.63, 3.8) is 0 Å². The van der Waals surface area contributed by atoms with E-state index in [9.17, 15) is 31.6 Å². The maximum Gasteiger partial charge on any atom is 0.470 e. The molecule has 0 aliphatic carbocycles. The molecule has 1 fully saturated rings. The molecule has 3 atom stereocenters. The van der Waals surface area contributed by atoms with Gasteiger partial charge in [0, 0.05) is 42.3 Å². The molecular weight excluding hydrogens is 657 g/mol. The van der Waals surface area contributed by atoms with Gasteiger partial charge >= 0.3 is 13.8 Å². The molecule has 1 aromatic heterocycles. The lowest BCUT2D eigenvalue weighted by molar-refractivity contribution is -0.144. The van der Waals surface area contributed by atoms with Crippen LogP contribution in [-0.4, -0.2) is 84.0 Å². The average Bonchev–Trinajstić information content (AvgIpc) is 3.49. The monoisotopic (exact) mass is 685 g/mol.